The van der Waals surface area contributed by atoms with E-state index in [-0.39, 0.29) is 23.4 Å². The highest BCUT2D eigenvalue weighted by Gasteiger charge is 2.38. The minimum atomic E-state index is -0.387. The summed E-state index contributed by atoms with van der Waals surface area (Å²) in [6.45, 7) is 8.85. The Morgan fingerprint density at radius 3 is 2.29 bits per heavy atom. The van der Waals surface area contributed by atoms with Gasteiger partial charge in [-0.15, -0.1) is 0 Å². The fraction of sp³-hybridized carbons (Fsp3) is 0.704. The Kier molecular flexibility index (Phi) is 10.4. The van der Waals surface area contributed by atoms with Crippen LogP contribution in [-0.4, -0.2) is 65.5 Å². The molecule has 0 bridgehead atoms. The first-order chi connectivity index (χ1) is 16.7. The maximum absolute atomic E-state index is 13.6. The van der Waals surface area contributed by atoms with Crippen molar-refractivity contribution in [3.8, 4) is 0 Å². The van der Waals surface area contributed by atoms with Gasteiger partial charge >= 0.3 is 0 Å². The molecule has 7 nitrogen and oxygen atoms in total. The number of nitrogens with zero attached hydrogens (tertiary/aromatic N) is 2. The smallest absolute Gasteiger partial charge is 0.251 e. The lowest BCUT2D eigenvalue weighted by Crippen LogP contribution is -2.57. The van der Waals surface area contributed by atoms with E-state index in [4.69, 9.17) is 17.3 Å². The molecule has 2 fully saturated rings. The fourth-order valence-corrected chi connectivity index (χ4v) is 5.56. The summed E-state index contributed by atoms with van der Waals surface area (Å²) < 4.78 is 0. The third-order valence-corrected chi connectivity index (χ3v) is 7.47. The number of rotatable bonds is 9. The number of hydrazine groups is 1. The first-order valence-electron chi connectivity index (χ1n) is 13.3. The van der Waals surface area contributed by atoms with Crippen LogP contribution in [0.15, 0.2) is 24.3 Å². The van der Waals surface area contributed by atoms with Crippen LogP contribution in [0.25, 0.3) is 0 Å². The second-order valence-corrected chi connectivity index (χ2v) is 11.5. The molecule has 1 aromatic rings. The Bertz CT molecular complexity index is 812. The summed E-state index contributed by atoms with van der Waals surface area (Å²) in [7, 11) is 0. The van der Waals surface area contributed by atoms with E-state index in [1.54, 1.807) is 0 Å². The summed E-state index contributed by atoms with van der Waals surface area (Å²) >= 11 is 6.00. The van der Waals surface area contributed by atoms with E-state index in [1.165, 1.54) is 19.3 Å². The number of nitrogens with two attached hydrogens (primary N) is 1. The summed E-state index contributed by atoms with van der Waals surface area (Å²) in [5, 5.41) is 5.90. The normalized spacial score (nSPS) is 19.3. The van der Waals surface area contributed by atoms with Crippen LogP contribution in [-0.2, 0) is 16.0 Å². The van der Waals surface area contributed by atoms with Crippen molar-refractivity contribution in [2.45, 2.75) is 89.8 Å². The lowest BCUT2D eigenvalue weighted by molar-refractivity contribution is -0.146. The monoisotopic (exact) mass is 505 g/mol. The van der Waals surface area contributed by atoms with Gasteiger partial charge in [-0.25, -0.2) is 5.01 Å². The van der Waals surface area contributed by atoms with Crippen LogP contribution in [0.5, 0.6) is 0 Å². The van der Waals surface area contributed by atoms with Crippen molar-refractivity contribution in [2.24, 2.45) is 11.7 Å². The Hall–Kier alpha value is -1.67. The van der Waals surface area contributed by atoms with Gasteiger partial charge in [0.25, 0.3) is 5.91 Å². The molecule has 0 unspecified atom stereocenters. The summed E-state index contributed by atoms with van der Waals surface area (Å²) in [5.74, 6) is 0.238. The predicted molar refractivity (Wildman–Crippen MR) is 142 cm³/mol. The number of hydrogen-bond acceptors (Lipinski definition) is 5. The Labute approximate surface area is 216 Å². The van der Waals surface area contributed by atoms with Gasteiger partial charge in [0, 0.05) is 48.7 Å². The Morgan fingerprint density at radius 2 is 1.71 bits per heavy atom. The zero-order valence-electron chi connectivity index (χ0n) is 21.7. The molecule has 1 aliphatic carbocycles. The largest absolute Gasteiger partial charge is 0.335 e. The predicted octanol–water partition coefficient (Wildman–Crippen LogP) is 3.50. The first-order valence-corrected chi connectivity index (χ1v) is 13.6. The Morgan fingerprint density at radius 1 is 1.09 bits per heavy atom. The van der Waals surface area contributed by atoms with Crippen molar-refractivity contribution in [3.05, 3.63) is 34.9 Å². The molecule has 1 atom stereocenters. The van der Waals surface area contributed by atoms with Crippen molar-refractivity contribution >= 4 is 23.4 Å². The zero-order valence-corrected chi connectivity index (χ0v) is 22.4. The molecule has 2 amide bonds. The SMILES string of the molecule is CC(C)(C)N(C(=O)C1CCN(NC(=O)[C@@H](Cc2ccc(Cl)cc2)NCCN)CC1)C1CCCCC1. The zero-order chi connectivity index (χ0) is 25.4. The van der Waals surface area contributed by atoms with Crippen LogP contribution in [0.1, 0.15) is 71.3 Å². The molecule has 35 heavy (non-hydrogen) atoms. The molecule has 196 valence electrons. The van der Waals surface area contributed by atoms with E-state index in [1.807, 2.05) is 29.3 Å². The van der Waals surface area contributed by atoms with Gasteiger partial charge in [0.05, 0.1) is 6.04 Å². The highest BCUT2D eigenvalue weighted by Crippen LogP contribution is 2.31. The van der Waals surface area contributed by atoms with E-state index in [0.717, 1.165) is 31.2 Å². The molecule has 8 heteroatoms. The molecular formula is C27H44ClN5O2. The topological polar surface area (TPSA) is 90.7 Å². The first kappa shape index (κ1) is 27.9. The highest BCUT2D eigenvalue weighted by molar-refractivity contribution is 6.30. The van der Waals surface area contributed by atoms with E-state index in [9.17, 15) is 9.59 Å². The van der Waals surface area contributed by atoms with Crippen LogP contribution in [0, 0.1) is 5.92 Å². The maximum atomic E-state index is 13.6. The molecular weight excluding hydrogens is 462 g/mol. The van der Waals surface area contributed by atoms with Gasteiger partial charge in [-0.05, 0) is 70.6 Å². The number of piperidine rings is 1. The van der Waals surface area contributed by atoms with Gasteiger partial charge in [0.2, 0.25) is 5.91 Å². The molecule has 1 aliphatic heterocycles. The molecule has 1 heterocycles. The number of halogens is 1. The molecule has 4 N–H and O–H groups in total. The summed E-state index contributed by atoms with van der Waals surface area (Å²) in [5.41, 5.74) is 9.61. The number of carbonyl (C=O) groups excluding carboxylic acids is 2. The number of benzene rings is 1. The van der Waals surface area contributed by atoms with Gasteiger partial charge in [-0.1, -0.05) is 43.0 Å². The van der Waals surface area contributed by atoms with Gasteiger partial charge in [0.15, 0.2) is 0 Å². The second kappa shape index (κ2) is 13.0. The number of carbonyl (C=O) groups is 2. The van der Waals surface area contributed by atoms with Crippen LogP contribution < -0.4 is 16.5 Å². The van der Waals surface area contributed by atoms with Crippen LogP contribution in [0.4, 0.5) is 0 Å². The van der Waals surface area contributed by atoms with Crippen LogP contribution in [0.3, 0.4) is 0 Å². The van der Waals surface area contributed by atoms with Gasteiger partial charge < -0.3 is 16.0 Å². The van der Waals surface area contributed by atoms with E-state index >= 15 is 0 Å². The Balaban J connectivity index is 1.55. The summed E-state index contributed by atoms with van der Waals surface area (Å²) in [6.07, 6.45) is 8.01. The molecule has 0 aromatic heterocycles. The summed E-state index contributed by atoms with van der Waals surface area (Å²) in [4.78, 5) is 28.9. The lowest BCUT2D eigenvalue weighted by atomic mass is 9.87. The molecule has 1 saturated heterocycles. The average Bonchev–Trinajstić information content (AvgIpc) is 2.83. The van der Waals surface area contributed by atoms with Crippen molar-refractivity contribution in [1.82, 2.24) is 20.7 Å². The third-order valence-electron chi connectivity index (χ3n) is 7.22. The standard InChI is InChI=1S/C27H44ClN5O2/c1-27(2,3)33(23-7-5-4-6-8-23)26(35)21-13-17-32(18-14-21)31-25(34)24(30-16-15-29)19-20-9-11-22(28)12-10-20/h9-12,21,23-24,30H,4-8,13-19,29H2,1-3H3,(H,31,34)/t24-/m1/s1. The van der Waals surface area contributed by atoms with Crippen molar-refractivity contribution in [2.75, 3.05) is 26.2 Å². The van der Waals surface area contributed by atoms with Crippen molar-refractivity contribution in [1.29, 1.82) is 0 Å². The third kappa shape index (κ3) is 8.17. The highest BCUT2D eigenvalue weighted by atomic mass is 35.5. The molecule has 1 saturated carbocycles. The second-order valence-electron chi connectivity index (χ2n) is 11.0. The average molecular weight is 506 g/mol. The molecule has 0 radical (unpaired) electrons. The number of nitrogens with one attached hydrogen (secondary N) is 2. The molecule has 1 aromatic carbocycles. The van der Waals surface area contributed by atoms with Gasteiger partial charge in [-0.3, -0.25) is 15.0 Å². The van der Waals surface area contributed by atoms with Gasteiger partial charge in [0.1, 0.15) is 0 Å². The maximum Gasteiger partial charge on any atom is 0.251 e. The van der Waals surface area contributed by atoms with E-state index in [0.29, 0.717) is 49.6 Å². The van der Waals surface area contributed by atoms with Crippen molar-refractivity contribution < 1.29 is 9.59 Å². The number of amides is 2. The fourth-order valence-electron chi connectivity index (χ4n) is 5.44. The molecule has 0 spiro atoms. The molecule has 3 rings (SSSR count). The number of hydrogen-bond donors (Lipinski definition) is 3. The van der Waals surface area contributed by atoms with Gasteiger partial charge in [-0.2, -0.15) is 0 Å². The van der Waals surface area contributed by atoms with Crippen molar-refractivity contribution in [3.63, 3.8) is 0 Å². The van der Waals surface area contributed by atoms with Crippen LogP contribution in [0.2, 0.25) is 5.02 Å². The van der Waals surface area contributed by atoms with E-state index in [2.05, 4.69) is 36.4 Å². The van der Waals surface area contributed by atoms with E-state index < -0.39 is 0 Å². The quantitative estimate of drug-likeness (QED) is 0.478. The summed E-state index contributed by atoms with van der Waals surface area (Å²) in [6, 6.07) is 7.53. The lowest BCUT2D eigenvalue weighted by Gasteiger charge is -2.46. The molecule has 2 aliphatic rings. The minimum absolute atomic E-state index is 0.0181. The van der Waals surface area contributed by atoms with Crippen LogP contribution >= 0.6 is 11.6 Å². The minimum Gasteiger partial charge on any atom is -0.335 e.